The molecule has 1 aliphatic rings. The average Bonchev–Trinajstić information content (AvgIpc) is 2.42. The van der Waals surface area contributed by atoms with Crippen LogP contribution in [0.5, 0.6) is 5.75 Å². The first-order valence-corrected chi connectivity index (χ1v) is 6.76. The van der Waals surface area contributed by atoms with E-state index in [1.807, 2.05) is 0 Å². The summed E-state index contributed by atoms with van der Waals surface area (Å²) in [5.41, 5.74) is 0.605. The predicted octanol–water partition coefficient (Wildman–Crippen LogP) is 1.67. The van der Waals surface area contributed by atoms with Crippen molar-refractivity contribution in [3.05, 3.63) is 29.6 Å². The number of aromatic hydroxyl groups is 1. The molecule has 1 saturated heterocycles. The van der Waals surface area contributed by atoms with Gasteiger partial charge in [-0.3, -0.25) is 4.90 Å². The topological polar surface area (TPSA) is 55.7 Å². The van der Waals surface area contributed by atoms with Gasteiger partial charge in [-0.2, -0.15) is 0 Å². The van der Waals surface area contributed by atoms with Crippen molar-refractivity contribution in [1.82, 2.24) is 10.2 Å². The standard InChI is InChI=1S/C14H21FN2O2.ClH/c15-13-10-11(19)3-4-12(13)14(2-1-9-18)17-7-5-16-6-8-17;/h3-4,10,14,16,18-19H,1-2,5-9H2;1H/t14-;/m1./s1. The summed E-state index contributed by atoms with van der Waals surface area (Å²) < 4.78 is 14.0. The van der Waals surface area contributed by atoms with Gasteiger partial charge in [0.15, 0.2) is 0 Å². The molecule has 0 saturated carbocycles. The zero-order valence-electron chi connectivity index (χ0n) is 11.4. The number of nitrogens with zero attached hydrogens (tertiary/aromatic N) is 1. The molecule has 1 aromatic carbocycles. The number of hydrogen-bond acceptors (Lipinski definition) is 4. The lowest BCUT2D eigenvalue weighted by atomic mass is 9.99. The molecule has 20 heavy (non-hydrogen) atoms. The van der Waals surface area contributed by atoms with Crippen molar-refractivity contribution in [3.8, 4) is 5.75 Å². The van der Waals surface area contributed by atoms with E-state index in [9.17, 15) is 9.50 Å². The van der Waals surface area contributed by atoms with E-state index < -0.39 is 0 Å². The van der Waals surface area contributed by atoms with Gasteiger partial charge in [0.05, 0.1) is 0 Å². The van der Waals surface area contributed by atoms with E-state index in [4.69, 9.17) is 5.11 Å². The van der Waals surface area contributed by atoms with Gasteiger partial charge in [0.1, 0.15) is 11.6 Å². The first-order chi connectivity index (χ1) is 9.22. The normalized spacial score (nSPS) is 17.5. The van der Waals surface area contributed by atoms with Crippen molar-refractivity contribution in [3.63, 3.8) is 0 Å². The summed E-state index contributed by atoms with van der Waals surface area (Å²) in [6.07, 6.45) is 1.37. The number of nitrogens with one attached hydrogen (secondary N) is 1. The molecule has 0 spiro atoms. The molecule has 2 rings (SSSR count). The van der Waals surface area contributed by atoms with Crippen molar-refractivity contribution < 1.29 is 14.6 Å². The fraction of sp³-hybridized carbons (Fsp3) is 0.571. The number of aliphatic hydroxyl groups is 1. The van der Waals surface area contributed by atoms with Gasteiger partial charge in [-0.05, 0) is 18.9 Å². The van der Waals surface area contributed by atoms with Crippen LogP contribution in [0.15, 0.2) is 18.2 Å². The highest BCUT2D eigenvalue weighted by Crippen LogP contribution is 2.29. The zero-order chi connectivity index (χ0) is 13.7. The summed E-state index contributed by atoms with van der Waals surface area (Å²) in [5.74, 6) is -0.427. The monoisotopic (exact) mass is 304 g/mol. The smallest absolute Gasteiger partial charge is 0.131 e. The van der Waals surface area contributed by atoms with Gasteiger partial charge < -0.3 is 15.5 Å². The lowest BCUT2D eigenvalue weighted by Crippen LogP contribution is -2.45. The predicted molar refractivity (Wildman–Crippen MR) is 78.8 cm³/mol. The maximum Gasteiger partial charge on any atom is 0.131 e. The lowest BCUT2D eigenvalue weighted by Gasteiger charge is -2.35. The van der Waals surface area contributed by atoms with E-state index in [1.54, 1.807) is 6.07 Å². The Morgan fingerprint density at radius 3 is 2.60 bits per heavy atom. The van der Waals surface area contributed by atoms with Gasteiger partial charge in [0, 0.05) is 50.5 Å². The minimum atomic E-state index is -0.374. The Kier molecular flexibility index (Phi) is 7.23. The molecule has 0 aromatic heterocycles. The van der Waals surface area contributed by atoms with Crippen LogP contribution in [0.2, 0.25) is 0 Å². The van der Waals surface area contributed by atoms with E-state index >= 15 is 0 Å². The molecule has 0 radical (unpaired) electrons. The maximum atomic E-state index is 14.0. The fourth-order valence-corrected chi connectivity index (χ4v) is 2.60. The van der Waals surface area contributed by atoms with Crippen molar-refractivity contribution in [2.45, 2.75) is 18.9 Å². The highest BCUT2D eigenvalue weighted by molar-refractivity contribution is 5.85. The Morgan fingerprint density at radius 2 is 2.00 bits per heavy atom. The van der Waals surface area contributed by atoms with Crippen LogP contribution in [0.4, 0.5) is 4.39 Å². The van der Waals surface area contributed by atoms with Crippen molar-refractivity contribution in [2.24, 2.45) is 0 Å². The Hall–Kier alpha value is -0.880. The molecular formula is C14H22ClFN2O2. The minimum Gasteiger partial charge on any atom is -0.508 e. The second kappa shape index (κ2) is 8.42. The SMILES string of the molecule is Cl.OCCC[C@H](c1ccc(O)cc1F)N1CCNCC1. The molecule has 4 nitrogen and oxygen atoms in total. The van der Waals surface area contributed by atoms with E-state index in [0.29, 0.717) is 12.0 Å². The quantitative estimate of drug-likeness (QED) is 0.774. The second-order valence-electron chi connectivity index (χ2n) is 4.87. The maximum absolute atomic E-state index is 14.0. The molecule has 0 aliphatic carbocycles. The number of benzene rings is 1. The number of rotatable bonds is 5. The van der Waals surface area contributed by atoms with Gasteiger partial charge >= 0.3 is 0 Å². The first kappa shape index (κ1) is 17.2. The highest BCUT2D eigenvalue weighted by atomic mass is 35.5. The van der Waals surface area contributed by atoms with E-state index in [1.165, 1.54) is 6.07 Å². The number of hydrogen-bond donors (Lipinski definition) is 3. The Bertz CT molecular complexity index is 414. The summed E-state index contributed by atoms with van der Waals surface area (Å²) in [6.45, 7) is 3.65. The lowest BCUT2D eigenvalue weighted by molar-refractivity contribution is 0.151. The summed E-state index contributed by atoms with van der Waals surface area (Å²) in [7, 11) is 0. The molecule has 6 heteroatoms. The average molecular weight is 305 g/mol. The third-order valence-electron chi connectivity index (χ3n) is 3.57. The first-order valence-electron chi connectivity index (χ1n) is 6.76. The molecule has 1 heterocycles. The highest BCUT2D eigenvalue weighted by Gasteiger charge is 2.24. The van der Waals surface area contributed by atoms with Crippen LogP contribution in [0.1, 0.15) is 24.4 Å². The van der Waals surface area contributed by atoms with Crippen LogP contribution in [0.25, 0.3) is 0 Å². The van der Waals surface area contributed by atoms with Crippen LogP contribution >= 0.6 is 12.4 Å². The Balaban J connectivity index is 0.00000200. The fourth-order valence-electron chi connectivity index (χ4n) is 2.60. The minimum absolute atomic E-state index is 0. The number of aliphatic hydroxyl groups excluding tert-OH is 1. The molecule has 0 bridgehead atoms. The van der Waals surface area contributed by atoms with Crippen LogP contribution in [-0.2, 0) is 0 Å². The molecule has 1 atom stereocenters. The number of phenols is 1. The number of phenolic OH excluding ortho intramolecular Hbond substituents is 1. The molecule has 0 amide bonds. The molecule has 0 unspecified atom stereocenters. The summed E-state index contributed by atoms with van der Waals surface area (Å²) in [4.78, 5) is 2.24. The van der Waals surface area contributed by atoms with Gasteiger partial charge in [0.2, 0.25) is 0 Å². The molecular weight excluding hydrogens is 283 g/mol. The largest absolute Gasteiger partial charge is 0.508 e. The van der Waals surface area contributed by atoms with Gasteiger partial charge in [-0.25, -0.2) is 4.39 Å². The Labute approximate surface area is 125 Å². The Morgan fingerprint density at radius 1 is 1.30 bits per heavy atom. The van der Waals surface area contributed by atoms with Crippen LogP contribution in [0.3, 0.4) is 0 Å². The van der Waals surface area contributed by atoms with E-state index in [-0.39, 0.29) is 36.6 Å². The van der Waals surface area contributed by atoms with Crippen molar-refractivity contribution >= 4 is 12.4 Å². The molecule has 1 aromatic rings. The van der Waals surface area contributed by atoms with E-state index in [2.05, 4.69) is 10.2 Å². The van der Waals surface area contributed by atoms with Gasteiger partial charge in [-0.1, -0.05) is 6.07 Å². The van der Waals surface area contributed by atoms with Crippen molar-refractivity contribution in [2.75, 3.05) is 32.8 Å². The summed E-state index contributed by atoms with van der Waals surface area (Å²) >= 11 is 0. The van der Waals surface area contributed by atoms with Crippen molar-refractivity contribution in [1.29, 1.82) is 0 Å². The third-order valence-corrected chi connectivity index (χ3v) is 3.57. The molecule has 1 fully saturated rings. The van der Waals surface area contributed by atoms with Crippen LogP contribution in [-0.4, -0.2) is 47.9 Å². The zero-order valence-corrected chi connectivity index (χ0v) is 12.2. The van der Waals surface area contributed by atoms with Crippen LogP contribution < -0.4 is 5.32 Å². The molecule has 3 N–H and O–H groups in total. The number of piperazine rings is 1. The number of halogens is 2. The summed E-state index contributed by atoms with van der Waals surface area (Å²) in [6, 6.07) is 4.29. The third kappa shape index (κ3) is 4.31. The van der Waals surface area contributed by atoms with Crippen LogP contribution in [0, 0.1) is 5.82 Å². The molecule has 114 valence electrons. The summed E-state index contributed by atoms with van der Waals surface area (Å²) in [5, 5.41) is 21.6. The van der Waals surface area contributed by atoms with Gasteiger partial charge in [-0.15, -0.1) is 12.4 Å². The van der Waals surface area contributed by atoms with Gasteiger partial charge in [0.25, 0.3) is 0 Å². The molecule has 1 aliphatic heterocycles. The van der Waals surface area contributed by atoms with E-state index in [0.717, 1.165) is 38.7 Å². The second-order valence-corrected chi connectivity index (χ2v) is 4.87.